The van der Waals surface area contributed by atoms with Crippen LogP contribution in [0.5, 0.6) is 11.5 Å². The number of rotatable bonds is 1. The van der Waals surface area contributed by atoms with Gasteiger partial charge in [-0.15, -0.1) is 0 Å². The molecule has 9 aromatic rings. The number of aromatic nitrogens is 3. The van der Waals surface area contributed by atoms with Gasteiger partial charge in [-0.05, 0) is 47.5 Å². The molecule has 2 aliphatic rings. The molecule has 11 rings (SSSR count). The summed E-state index contributed by atoms with van der Waals surface area (Å²) in [6, 6.07) is 52.2. The van der Waals surface area contributed by atoms with Crippen LogP contribution in [0, 0.1) is 0 Å². The van der Waals surface area contributed by atoms with Crippen LogP contribution in [0.25, 0.3) is 60.6 Å². The van der Waals surface area contributed by atoms with Crippen LogP contribution in [0.4, 0.5) is 0 Å². The third-order valence-corrected chi connectivity index (χ3v) is 10.3. The van der Waals surface area contributed by atoms with E-state index < -0.39 is 5.41 Å². The molecule has 4 heteroatoms. The van der Waals surface area contributed by atoms with E-state index in [-0.39, 0.29) is 0 Å². The van der Waals surface area contributed by atoms with Crippen molar-refractivity contribution in [3.8, 4) is 28.4 Å². The number of fused-ring (bicyclic) bond motifs is 14. The predicted octanol–water partition coefficient (Wildman–Crippen LogP) is 10.3. The highest BCUT2D eigenvalue weighted by molar-refractivity contribution is 6.12. The zero-order chi connectivity index (χ0) is 30.7. The van der Waals surface area contributed by atoms with Gasteiger partial charge in [0.2, 0.25) is 0 Å². The topological polar surface area (TPSA) is 39.9 Å². The Kier molecular flexibility index (Phi) is 4.75. The zero-order valence-corrected chi connectivity index (χ0v) is 25.2. The quantitative estimate of drug-likeness (QED) is 0.176. The minimum atomic E-state index is -0.583. The maximum atomic E-state index is 6.61. The highest BCUT2D eigenvalue weighted by atomic mass is 16.5. The van der Waals surface area contributed by atoms with E-state index in [4.69, 9.17) is 14.7 Å². The smallest absolute Gasteiger partial charge is 0.132 e. The van der Waals surface area contributed by atoms with Crippen LogP contribution in [0.3, 0.4) is 0 Å². The normalized spacial score (nSPS) is 13.9. The van der Waals surface area contributed by atoms with Gasteiger partial charge in [0.15, 0.2) is 0 Å². The molecule has 2 aliphatic heterocycles. The number of pyridine rings is 2. The van der Waals surface area contributed by atoms with Crippen molar-refractivity contribution in [2.75, 3.05) is 0 Å². The van der Waals surface area contributed by atoms with Gasteiger partial charge in [-0.1, -0.05) is 109 Å². The second kappa shape index (κ2) is 8.93. The fraction of sp³-hybridized carbons (Fsp3) is 0.0233. The monoisotopic (exact) mass is 599 g/mol. The Bertz CT molecular complexity index is 2750. The number of para-hydroxylation sites is 4. The van der Waals surface area contributed by atoms with Crippen LogP contribution in [-0.2, 0) is 5.41 Å². The fourth-order valence-corrected chi connectivity index (χ4v) is 8.37. The molecule has 0 saturated carbocycles. The first-order chi connectivity index (χ1) is 23.3. The Morgan fingerprint density at radius 3 is 2.09 bits per heavy atom. The first-order valence-electron chi connectivity index (χ1n) is 16.0. The molecule has 0 N–H and O–H groups in total. The molecule has 1 spiro atoms. The lowest BCUT2D eigenvalue weighted by Gasteiger charge is -2.45. The van der Waals surface area contributed by atoms with Crippen LogP contribution in [0.2, 0.25) is 0 Å². The molecule has 4 nitrogen and oxygen atoms in total. The first-order valence-corrected chi connectivity index (χ1v) is 16.0. The Balaban J connectivity index is 1.29. The molecular formula is C43H25N3O. The summed E-state index contributed by atoms with van der Waals surface area (Å²) in [5, 5.41) is 4.66. The van der Waals surface area contributed by atoms with Crippen molar-refractivity contribution >= 4 is 43.6 Å². The van der Waals surface area contributed by atoms with E-state index in [1.807, 2.05) is 12.3 Å². The number of benzene rings is 6. The molecule has 0 aliphatic carbocycles. The van der Waals surface area contributed by atoms with E-state index in [9.17, 15) is 0 Å². The van der Waals surface area contributed by atoms with E-state index in [1.165, 1.54) is 32.9 Å². The number of nitrogens with zero attached hydrogens (tertiary/aromatic N) is 3. The van der Waals surface area contributed by atoms with Crippen molar-refractivity contribution in [2.45, 2.75) is 5.41 Å². The molecule has 47 heavy (non-hydrogen) atoms. The maximum Gasteiger partial charge on any atom is 0.132 e. The first kappa shape index (κ1) is 25.0. The molecule has 0 saturated heterocycles. The molecule has 0 radical (unpaired) electrons. The van der Waals surface area contributed by atoms with Crippen molar-refractivity contribution in [3.05, 3.63) is 174 Å². The van der Waals surface area contributed by atoms with Crippen LogP contribution in [-0.4, -0.2) is 14.5 Å². The summed E-state index contributed by atoms with van der Waals surface area (Å²) in [6.45, 7) is 0. The van der Waals surface area contributed by atoms with Gasteiger partial charge >= 0.3 is 0 Å². The molecule has 0 amide bonds. The summed E-state index contributed by atoms with van der Waals surface area (Å²) >= 11 is 0. The van der Waals surface area contributed by atoms with E-state index in [2.05, 4.69) is 144 Å². The lowest BCUT2D eigenvalue weighted by molar-refractivity contribution is 0.434. The van der Waals surface area contributed by atoms with Crippen molar-refractivity contribution in [1.29, 1.82) is 0 Å². The standard InChI is InChI=1S/C43H25N3O/c1-4-15-36-29(10-1)30-11-7-14-34-42(30)46(36)37-25-28(35-23-21-27-19-18-26-9-8-24-44-40(26)41(27)45-35)20-22-31(37)43(34)32-12-2-5-16-38(32)47-39-17-6-3-13-33(39)43/h1-25H. The van der Waals surface area contributed by atoms with Crippen molar-refractivity contribution < 1.29 is 4.74 Å². The van der Waals surface area contributed by atoms with Crippen LogP contribution < -0.4 is 4.74 Å². The lowest BCUT2D eigenvalue weighted by atomic mass is 9.61. The molecule has 6 aromatic carbocycles. The van der Waals surface area contributed by atoms with Crippen molar-refractivity contribution in [3.63, 3.8) is 0 Å². The van der Waals surface area contributed by atoms with E-state index in [1.54, 1.807) is 0 Å². The summed E-state index contributed by atoms with van der Waals surface area (Å²) < 4.78 is 9.08. The van der Waals surface area contributed by atoms with Crippen LogP contribution in [0.15, 0.2) is 152 Å². The minimum absolute atomic E-state index is 0.583. The highest BCUT2D eigenvalue weighted by Crippen LogP contribution is 2.60. The summed E-state index contributed by atoms with van der Waals surface area (Å²) in [7, 11) is 0. The second-order valence-electron chi connectivity index (χ2n) is 12.5. The summed E-state index contributed by atoms with van der Waals surface area (Å²) in [4.78, 5) is 9.96. The van der Waals surface area contributed by atoms with Crippen LogP contribution >= 0.6 is 0 Å². The number of ether oxygens (including phenoxy) is 1. The molecule has 0 atom stereocenters. The van der Waals surface area contributed by atoms with Gasteiger partial charge in [0.1, 0.15) is 11.5 Å². The Labute approximate surface area is 270 Å². The van der Waals surface area contributed by atoms with Gasteiger partial charge < -0.3 is 9.30 Å². The van der Waals surface area contributed by atoms with Crippen LogP contribution in [0.1, 0.15) is 22.3 Å². The Hall–Kier alpha value is -6.26. The molecular weight excluding hydrogens is 574 g/mol. The zero-order valence-electron chi connectivity index (χ0n) is 25.2. The maximum absolute atomic E-state index is 6.61. The van der Waals surface area contributed by atoms with E-state index >= 15 is 0 Å². The van der Waals surface area contributed by atoms with Crippen molar-refractivity contribution in [1.82, 2.24) is 14.5 Å². The minimum Gasteiger partial charge on any atom is -0.457 e. The molecule has 218 valence electrons. The number of hydrogen-bond acceptors (Lipinski definition) is 3. The highest BCUT2D eigenvalue weighted by Gasteiger charge is 2.50. The Morgan fingerprint density at radius 2 is 1.23 bits per heavy atom. The molecule has 0 bridgehead atoms. The summed E-state index contributed by atoms with van der Waals surface area (Å²) in [5.41, 5.74) is 11.6. The molecule has 0 fully saturated rings. The average molecular weight is 600 g/mol. The van der Waals surface area contributed by atoms with Crippen molar-refractivity contribution in [2.24, 2.45) is 0 Å². The SMILES string of the molecule is c1ccc2c(c1)Oc1ccccc1C21c2ccc(-c3ccc4ccc5cccnc5c4n3)cc2-n2c3ccccc3c3cccc1c32. The lowest BCUT2D eigenvalue weighted by Crippen LogP contribution is -2.37. The van der Waals surface area contributed by atoms with E-state index in [0.29, 0.717) is 0 Å². The summed E-state index contributed by atoms with van der Waals surface area (Å²) in [5.74, 6) is 1.77. The van der Waals surface area contributed by atoms with Gasteiger partial charge in [-0.25, -0.2) is 4.98 Å². The molecule has 0 unspecified atom stereocenters. The van der Waals surface area contributed by atoms with Gasteiger partial charge in [-0.3, -0.25) is 4.98 Å². The average Bonchev–Trinajstić information content (AvgIpc) is 3.48. The van der Waals surface area contributed by atoms with Gasteiger partial charge in [0, 0.05) is 44.4 Å². The van der Waals surface area contributed by atoms with Gasteiger partial charge in [0.25, 0.3) is 0 Å². The molecule has 3 aromatic heterocycles. The largest absolute Gasteiger partial charge is 0.457 e. The second-order valence-corrected chi connectivity index (χ2v) is 12.5. The van der Waals surface area contributed by atoms with Gasteiger partial charge in [-0.2, -0.15) is 0 Å². The third-order valence-electron chi connectivity index (χ3n) is 10.3. The third kappa shape index (κ3) is 3.12. The Morgan fingerprint density at radius 1 is 0.532 bits per heavy atom. The van der Waals surface area contributed by atoms with Gasteiger partial charge in [0.05, 0.1) is 38.9 Å². The predicted molar refractivity (Wildman–Crippen MR) is 189 cm³/mol. The fourth-order valence-electron chi connectivity index (χ4n) is 8.37. The number of hydrogen-bond donors (Lipinski definition) is 0. The molecule has 5 heterocycles. The van der Waals surface area contributed by atoms with E-state index in [0.717, 1.165) is 61.4 Å². The summed E-state index contributed by atoms with van der Waals surface area (Å²) in [6.07, 6.45) is 1.85.